The third kappa shape index (κ3) is 3.86. The zero-order chi connectivity index (χ0) is 22.4. The van der Waals surface area contributed by atoms with Crippen LogP contribution in [0.2, 0.25) is 0 Å². The summed E-state index contributed by atoms with van der Waals surface area (Å²) in [7, 11) is 0. The third-order valence-electron chi connectivity index (χ3n) is 6.07. The van der Waals surface area contributed by atoms with Crippen molar-refractivity contribution in [2.75, 3.05) is 18.5 Å². The van der Waals surface area contributed by atoms with E-state index in [1.54, 1.807) is 0 Å². The molecular weight excluding hydrogens is 542 g/mol. The van der Waals surface area contributed by atoms with E-state index in [0.29, 0.717) is 0 Å². The van der Waals surface area contributed by atoms with Crippen molar-refractivity contribution in [1.29, 1.82) is 0 Å². The molecule has 1 aromatic carbocycles. The maximum atomic E-state index is 12.8. The molecule has 0 radical (unpaired) electrons. The summed E-state index contributed by atoms with van der Waals surface area (Å²) in [5, 5.41) is 13.2. The quantitative estimate of drug-likeness (QED) is 0.185. The molecule has 164 valence electrons. The molecule has 1 heterocycles. The van der Waals surface area contributed by atoms with Crippen molar-refractivity contribution in [3.05, 3.63) is 34.4 Å². The number of carbonyl (C=O) groups is 4. The van der Waals surface area contributed by atoms with E-state index in [0.717, 1.165) is 11.3 Å². The van der Waals surface area contributed by atoms with Gasteiger partial charge in [-0.1, -0.05) is 37.9 Å². The summed E-state index contributed by atoms with van der Waals surface area (Å²) in [6.45, 7) is -1.20. The average molecular weight is 559 g/mol. The monoisotopic (exact) mass is 557 g/mol. The van der Waals surface area contributed by atoms with E-state index < -0.39 is 41.8 Å². The van der Waals surface area contributed by atoms with Crippen molar-refractivity contribution >= 4 is 66.9 Å². The average Bonchev–Trinajstić information content (AvgIpc) is 3.33. The summed E-state index contributed by atoms with van der Waals surface area (Å²) < 4.78 is 4.90. The van der Waals surface area contributed by atoms with Gasteiger partial charge in [0.15, 0.2) is 6.61 Å². The summed E-state index contributed by atoms with van der Waals surface area (Å²) in [5.41, 5.74) is -0.0195. The summed E-state index contributed by atoms with van der Waals surface area (Å²) >= 11 is 7.19. The van der Waals surface area contributed by atoms with Crippen LogP contribution in [0.5, 0.6) is 0 Å². The van der Waals surface area contributed by atoms with Gasteiger partial charge in [-0.15, -0.1) is 0 Å². The minimum atomic E-state index is -0.881. The molecule has 12 heteroatoms. The smallest absolute Gasteiger partial charge is 0.326 e. The molecule has 0 aromatic heterocycles. The summed E-state index contributed by atoms with van der Waals surface area (Å²) in [6.07, 6.45) is 0.786. The van der Waals surface area contributed by atoms with Crippen LogP contribution in [0.4, 0.5) is 11.4 Å². The van der Waals surface area contributed by atoms with Crippen LogP contribution in [0.1, 0.15) is 6.42 Å². The third-order valence-corrected chi connectivity index (χ3v) is 9.28. The van der Waals surface area contributed by atoms with Gasteiger partial charge in [0.2, 0.25) is 11.8 Å². The Bertz CT molecular complexity index is 955. The predicted molar refractivity (Wildman–Crippen MR) is 113 cm³/mol. The maximum Gasteiger partial charge on any atom is 0.326 e. The van der Waals surface area contributed by atoms with Crippen molar-refractivity contribution in [3.8, 4) is 0 Å². The molecular formula is C19H17Br2N3O7. The number of imide groups is 1. The number of hydrogen-bond donors (Lipinski definition) is 1. The number of nitrogens with zero attached hydrogens (tertiary/aromatic N) is 2. The number of esters is 1. The number of nitrogens with one attached hydrogen (secondary N) is 1. The first-order valence-corrected chi connectivity index (χ1v) is 11.4. The van der Waals surface area contributed by atoms with Crippen LogP contribution in [0.25, 0.3) is 0 Å². The minimum Gasteiger partial charge on any atom is -0.454 e. The van der Waals surface area contributed by atoms with Gasteiger partial charge >= 0.3 is 5.97 Å². The molecule has 6 atom stereocenters. The number of alkyl halides is 2. The Morgan fingerprint density at radius 3 is 2.35 bits per heavy atom. The van der Waals surface area contributed by atoms with Crippen molar-refractivity contribution < 1.29 is 28.8 Å². The zero-order valence-corrected chi connectivity index (χ0v) is 19.1. The number of non-ortho nitro benzene ring substituents is 1. The number of anilines is 1. The van der Waals surface area contributed by atoms with Gasteiger partial charge in [-0.25, -0.2) is 0 Å². The molecule has 3 fully saturated rings. The number of ether oxygens (including phenoxy) is 1. The number of likely N-dealkylation sites (tertiary alicyclic amines) is 1. The SMILES string of the molecule is O=C(COC(=O)CN1C(=O)[C@@H]2[C@H]3C[C@@H]([C@H](Br)[C@H]3Br)[C@@H]2C1=O)Nc1cccc([N+](=O)[O-])c1. The van der Waals surface area contributed by atoms with Gasteiger partial charge in [-0.05, 0) is 24.3 Å². The molecule has 0 spiro atoms. The number of fused-ring (bicyclic) bond motifs is 5. The second-order valence-corrected chi connectivity index (χ2v) is 9.90. The molecule has 1 aliphatic heterocycles. The van der Waals surface area contributed by atoms with Gasteiger partial charge in [0, 0.05) is 27.5 Å². The topological polar surface area (TPSA) is 136 Å². The molecule has 1 saturated heterocycles. The molecule has 10 nitrogen and oxygen atoms in total. The highest BCUT2D eigenvalue weighted by Crippen LogP contribution is 2.60. The number of hydrogen-bond acceptors (Lipinski definition) is 7. The van der Waals surface area contributed by atoms with Crippen LogP contribution >= 0.6 is 31.9 Å². The van der Waals surface area contributed by atoms with Gasteiger partial charge in [0.1, 0.15) is 6.54 Å². The van der Waals surface area contributed by atoms with Crippen LogP contribution < -0.4 is 5.32 Å². The molecule has 4 rings (SSSR count). The lowest BCUT2D eigenvalue weighted by molar-refractivity contribution is -0.384. The van der Waals surface area contributed by atoms with Crippen LogP contribution in [0.3, 0.4) is 0 Å². The van der Waals surface area contributed by atoms with E-state index in [4.69, 9.17) is 4.74 Å². The van der Waals surface area contributed by atoms with E-state index in [2.05, 4.69) is 37.2 Å². The highest BCUT2D eigenvalue weighted by molar-refractivity contribution is 9.12. The normalized spacial score (nSPS) is 31.0. The molecule has 2 bridgehead atoms. The summed E-state index contributed by atoms with van der Waals surface area (Å²) in [4.78, 5) is 61.0. The standard InChI is InChI=1S/C19H17Br2N3O7/c20-16-10-5-11(17(16)21)15-14(10)18(27)23(19(15)28)6-13(26)31-7-12(25)22-8-2-1-3-9(4-8)24(29)30/h1-4,10-11,14-17H,5-7H2,(H,22,25)/t10-,11-,14-,15+,16+,17+/m1/s1. The molecule has 2 aliphatic carbocycles. The zero-order valence-electron chi connectivity index (χ0n) is 15.9. The number of nitro benzene ring substituents is 1. The van der Waals surface area contributed by atoms with Gasteiger partial charge in [0.25, 0.3) is 11.6 Å². The van der Waals surface area contributed by atoms with Crippen LogP contribution in [0.15, 0.2) is 24.3 Å². The first kappa shape index (κ1) is 21.9. The van der Waals surface area contributed by atoms with Crippen molar-refractivity contribution in [2.45, 2.75) is 16.1 Å². The number of amides is 3. The largest absolute Gasteiger partial charge is 0.454 e. The molecule has 3 amide bonds. The first-order chi connectivity index (χ1) is 14.7. The highest BCUT2D eigenvalue weighted by Gasteiger charge is 2.66. The molecule has 1 N–H and O–H groups in total. The Morgan fingerprint density at radius 1 is 1.16 bits per heavy atom. The van der Waals surface area contributed by atoms with Gasteiger partial charge in [0.05, 0.1) is 16.8 Å². The number of halogens is 2. The Labute approximate surface area is 193 Å². The fraction of sp³-hybridized carbons (Fsp3) is 0.474. The lowest BCUT2D eigenvalue weighted by atomic mass is 9.81. The van der Waals surface area contributed by atoms with E-state index >= 15 is 0 Å². The number of carbonyl (C=O) groups excluding carboxylic acids is 4. The Balaban J connectivity index is 1.31. The van der Waals surface area contributed by atoms with Crippen LogP contribution in [0, 0.1) is 33.8 Å². The van der Waals surface area contributed by atoms with E-state index in [9.17, 15) is 29.3 Å². The van der Waals surface area contributed by atoms with Crippen LogP contribution in [-0.2, 0) is 23.9 Å². The van der Waals surface area contributed by atoms with Gasteiger partial charge in [-0.2, -0.15) is 0 Å². The van der Waals surface area contributed by atoms with E-state index in [-0.39, 0.29) is 44.7 Å². The fourth-order valence-corrected chi connectivity index (χ4v) is 6.65. The lowest BCUT2D eigenvalue weighted by Gasteiger charge is -2.28. The van der Waals surface area contributed by atoms with Crippen molar-refractivity contribution in [2.24, 2.45) is 23.7 Å². The van der Waals surface area contributed by atoms with Crippen molar-refractivity contribution in [3.63, 3.8) is 0 Å². The molecule has 31 heavy (non-hydrogen) atoms. The second-order valence-electron chi connectivity index (χ2n) is 7.78. The fourth-order valence-electron chi connectivity index (χ4n) is 4.78. The Morgan fingerprint density at radius 2 is 1.77 bits per heavy atom. The highest BCUT2D eigenvalue weighted by atomic mass is 79.9. The predicted octanol–water partition coefficient (Wildman–Crippen LogP) is 1.85. The Hall–Kier alpha value is -2.34. The Kier molecular flexibility index (Phi) is 5.86. The van der Waals surface area contributed by atoms with Gasteiger partial charge in [-0.3, -0.25) is 34.2 Å². The molecule has 2 saturated carbocycles. The van der Waals surface area contributed by atoms with Gasteiger partial charge < -0.3 is 10.1 Å². The van der Waals surface area contributed by atoms with Crippen LogP contribution in [-0.4, -0.2) is 56.3 Å². The summed E-state index contributed by atoms with van der Waals surface area (Å²) in [5.74, 6) is -3.11. The number of rotatable bonds is 6. The molecule has 3 aliphatic rings. The maximum absolute atomic E-state index is 12.8. The number of nitro groups is 1. The second kappa shape index (κ2) is 8.30. The number of benzene rings is 1. The van der Waals surface area contributed by atoms with E-state index in [1.165, 1.54) is 24.3 Å². The first-order valence-electron chi connectivity index (χ1n) is 9.52. The van der Waals surface area contributed by atoms with E-state index in [1.807, 2.05) is 0 Å². The molecule has 0 unspecified atom stereocenters. The van der Waals surface area contributed by atoms with Crippen molar-refractivity contribution in [1.82, 2.24) is 4.90 Å². The summed E-state index contributed by atoms with van der Waals surface area (Å²) in [6, 6.07) is 5.30. The lowest BCUT2D eigenvalue weighted by Crippen LogP contribution is -2.38. The minimum absolute atomic E-state index is 0.0394. The molecule has 1 aromatic rings.